The number of alkyl halides is 1. The van der Waals surface area contributed by atoms with Crippen molar-refractivity contribution in [2.75, 3.05) is 11.4 Å². The molecule has 0 radical (unpaired) electrons. The van der Waals surface area contributed by atoms with Crippen LogP contribution in [0.5, 0.6) is 0 Å². The van der Waals surface area contributed by atoms with Crippen LogP contribution in [-0.4, -0.2) is 62.1 Å². The molecule has 2 aromatic rings. The van der Waals surface area contributed by atoms with Gasteiger partial charge in [0.25, 0.3) is 5.91 Å². The standard InChI is InChI=1S/C23H29FN6O2/c1-13-11-17-19(24)20(26-13)23(17)8-2-9-29(23)18-7-10-30-21(28-18)16(12-25-30)22(32)27-14-3-5-15(31)6-4-14/h7,10-12,14-15,17,19-20,26,31H,2-6,8-9H2,1H3,(H,27,32). The van der Waals surface area contributed by atoms with Crippen molar-refractivity contribution in [3.8, 4) is 0 Å². The van der Waals surface area contributed by atoms with Crippen molar-refractivity contribution >= 4 is 17.4 Å². The first-order valence-corrected chi connectivity index (χ1v) is 11.7. The highest BCUT2D eigenvalue weighted by atomic mass is 19.1. The Kier molecular flexibility index (Phi) is 4.47. The van der Waals surface area contributed by atoms with Gasteiger partial charge in [-0.05, 0) is 51.5 Å². The van der Waals surface area contributed by atoms with E-state index in [1.54, 1.807) is 10.7 Å². The summed E-state index contributed by atoms with van der Waals surface area (Å²) in [6.45, 7) is 2.81. The fraction of sp³-hybridized carbons (Fsp3) is 0.609. The molecule has 5 aliphatic rings. The number of halogens is 1. The van der Waals surface area contributed by atoms with Gasteiger partial charge in [0.15, 0.2) is 5.65 Å². The van der Waals surface area contributed by atoms with E-state index in [0.717, 1.165) is 43.7 Å². The summed E-state index contributed by atoms with van der Waals surface area (Å²) < 4.78 is 16.4. The lowest BCUT2D eigenvalue weighted by atomic mass is 9.57. The summed E-state index contributed by atoms with van der Waals surface area (Å²) in [6.07, 6.45) is 9.14. The van der Waals surface area contributed by atoms with E-state index in [0.29, 0.717) is 24.1 Å². The van der Waals surface area contributed by atoms with Crippen molar-refractivity contribution in [1.29, 1.82) is 0 Å². The molecule has 170 valence electrons. The van der Waals surface area contributed by atoms with Gasteiger partial charge < -0.3 is 20.6 Å². The molecule has 8 nitrogen and oxygen atoms in total. The molecule has 3 aliphatic heterocycles. The molecule has 3 N–H and O–H groups in total. The third kappa shape index (κ3) is 2.79. The summed E-state index contributed by atoms with van der Waals surface area (Å²) in [4.78, 5) is 20.1. The molecule has 5 heterocycles. The second kappa shape index (κ2) is 7.16. The van der Waals surface area contributed by atoms with Gasteiger partial charge >= 0.3 is 0 Å². The molecule has 1 spiro atoms. The summed E-state index contributed by atoms with van der Waals surface area (Å²) in [5.74, 6) is 0.442. The highest BCUT2D eigenvalue weighted by Gasteiger charge is 2.68. The summed E-state index contributed by atoms with van der Waals surface area (Å²) in [6, 6.07) is 1.74. The quantitative estimate of drug-likeness (QED) is 0.675. The fourth-order valence-corrected chi connectivity index (χ4v) is 6.37. The lowest BCUT2D eigenvalue weighted by molar-refractivity contribution is -0.0172. The van der Waals surface area contributed by atoms with E-state index in [1.165, 1.54) is 0 Å². The maximum absolute atomic E-state index is 14.8. The third-order valence-corrected chi connectivity index (χ3v) is 7.96. The van der Waals surface area contributed by atoms with Crippen LogP contribution in [0.25, 0.3) is 5.65 Å². The number of carbonyl (C=O) groups is 1. The van der Waals surface area contributed by atoms with Crippen molar-refractivity contribution in [2.24, 2.45) is 5.92 Å². The van der Waals surface area contributed by atoms with Gasteiger partial charge in [0.1, 0.15) is 17.6 Å². The molecular weight excluding hydrogens is 411 g/mol. The summed E-state index contributed by atoms with van der Waals surface area (Å²) in [7, 11) is 0. The number of aromatic nitrogens is 3. The number of allylic oxidation sites excluding steroid dienone is 1. The van der Waals surface area contributed by atoms with Gasteiger partial charge in [-0.2, -0.15) is 5.10 Å². The van der Waals surface area contributed by atoms with Gasteiger partial charge in [0.05, 0.1) is 23.9 Å². The van der Waals surface area contributed by atoms with Crippen LogP contribution < -0.4 is 15.5 Å². The molecule has 7 rings (SSSR count). The Morgan fingerprint density at radius 1 is 1.34 bits per heavy atom. The predicted molar refractivity (Wildman–Crippen MR) is 117 cm³/mol. The van der Waals surface area contributed by atoms with Crippen LogP contribution in [0, 0.1) is 5.92 Å². The topological polar surface area (TPSA) is 94.8 Å². The van der Waals surface area contributed by atoms with Crippen molar-refractivity contribution in [2.45, 2.75) is 75.3 Å². The third-order valence-electron chi connectivity index (χ3n) is 7.96. The Morgan fingerprint density at radius 3 is 2.91 bits per heavy atom. The summed E-state index contributed by atoms with van der Waals surface area (Å²) in [5, 5.41) is 20.5. The number of anilines is 1. The lowest BCUT2D eigenvalue weighted by Crippen LogP contribution is -2.79. The van der Waals surface area contributed by atoms with Crippen LogP contribution in [-0.2, 0) is 0 Å². The van der Waals surface area contributed by atoms with Crippen LogP contribution in [0.2, 0.25) is 0 Å². The second-order valence-corrected chi connectivity index (χ2v) is 9.78. The Hall–Kier alpha value is -2.68. The summed E-state index contributed by atoms with van der Waals surface area (Å²) in [5.41, 5.74) is 1.70. The SMILES string of the molecule is CC1=CC2C(F)C(N1)C21CCCN1c1ccn2ncc(C(=O)NC3CCC(O)CC3)c2n1. The largest absolute Gasteiger partial charge is 0.393 e. The van der Waals surface area contributed by atoms with Crippen LogP contribution >= 0.6 is 0 Å². The number of nitrogens with zero attached hydrogens (tertiary/aromatic N) is 4. The van der Waals surface area contributed by atoms with Gasteiger partial charge in [0.2, 0.25) is 0 Å². The number of fused-ring (bicyclic) bond motifs is 2. The van der Waals surface area contributed by atoms with Crippen LogP contribution in [0.1, 0.15) is 55.8 Å². The second-order valence-electron chi connectivity index (χ2n) is 9.78. The Labute approximate surface area is 185 Å². The first-order valence-electron chi connectivity index (χ1n) is 11.7. The molecule has 32 heavy (non-hydrogen) atoms. The maximum atomic E-state index is 14.8. The molecule has 4 atom stereocenters. The minimum absolute atomic E-state index is 0.0582. The van der Waals surface area contributed by atoms with E-state index in [1.807, 2.05) is 25.3 Å². The molecule has 3 fully saturated rings. The zero-order chi connectivity index (χ0) is 22.0. The minimum atomic E-state index is -0.881. The van der Waals surface area contributed by atoms with E-state index >= 15 is 0 Å². The number of hydrogen-bond donors (Lipinski definition) is 3. The first-order chi connectivity index (χ1) is 15.5. The molecule has 2 aromatic heterocycles. The molecular formula is C23H29FN6O2. The average molecular weight is 441 g/mol. The van der Waals surface area contributed by atoms with Crippen molar-refractivity contribution < 1.29 is 14.3 Å². The minimum Gasteiger partial charge on any atom is -0.393 e. The van der Waals surface area contributed by atoms with E-state index in [2.05, 4.69) is 20.6 Å². The van der Waals surface area contributed by atoms with E-state index in [4.69, 9.17) is 4.98 Å². The number of aliphatic hydroxyl groups excluding tert-OH is 1. The van der Waals surface area contributed by atoms with Gasteiger partial charge in [-0.25, -0.2) is 13.9 Å². The van der Waals surface area contributed by atoms with E-state index in [9.17, 15) is 14.3 Å². The number of nitrogens with one attached hydrogen (secondary N) is 2. The van der Waals surface area contributed by atoms with Crippen molar-refractivity contribution in [3.05, 3.63) is 35.8 Å². The number of carbonyl (C=O) groups excluding carboxylic acids is 1. The average Bonchev–Trinajstić information content (AvgIpc) is 3.42. The van der Waals surface area contributed by atoms with Crippen molar-refractivity contribution in [3.63, 3.8) is 0 Å². The van der Waals surface area contributed by atoms with E-state index in [-0.39, 0.29) is 35.6 Å². The molecule has 9 heteroatoms. The fourth-order valence-electron chi connectivity index (χ4n) is 6.37. The van der Waals surface area contributed by atoms with Gasteiger partial charge in [-0.15, -0.1) is 0 Å². The molecule has 0 aromatic carbocycles. The van der Waals surface area contributed by atoms with Crippen LogP contribution in [0.4, 0.5) is 10.2 Å². The van der Waals surface area contributed by atoms with Crippen molar-refractivity contribution in [1.82, 2.24) is 25.2 Å². The molecule has 1 saturated heterocycles. The molecule has 4 unspecified atom stereocenters. The van der Waals surface area contributed by atoms with E-state index < -0.39 is 6.17 Å². The predicted octanol–water partition coefficient (Wildman–Crippen LogP) is 1.95. The first kappa shape index (κ1) is 20.0. The summed E-state index contributed by atoms with van der Waals surface area (Å²) >= 11 is 0. The Balaban J connectivity index is 1.29. The normalized spacial score (nSPS) is 36.0. The zero-order valence-electron chi connectivity index (χ0n) is 18.2. The van der Waals surface area contributed by atoms with Gasteiger partial charge in [0, 0.05) is 30.4 Å². The van der Waals surface area contributed by atoms with Gasteiger partial charge in [-0.1, -0.05) is 6.08 Å². The maximum Gasteiger partial charge on any atom is 0.256 e. The highest BCUT2D eigenvalue weighted by molar-refractivity contribution is 6.00. The Bertz CT molecular complexity index is 1090. The number of rotatable bonds is 3. The number of hydrogen-bond acceptors (Lipinski definition) is 6. The highest BCUT2D eigenvalue weighted by Crippen LogP contribution is 2.55. The zero-order valence-corrected chi connectivity index (χ0v) is 18.2. The smallest absolute Gasteiger partial charge is 0.256 e. The molecule has 1 amide bonds. The molecule has 2 aliphatic carbocycles. The van der Waals surface area contributed by atoms with Crippen LogP contribution in [0.3, 0.4) is 0 Å². The number of amides is 1. The lowest BCUT2D eigenvalue weighted by Gasteiger charge is -2.62. The van der Waals surface area contributed by atoms with Crippen LogP contribution in [0.15, 0.2) is 30.2 Å². The molecule has 2 saturated carbocycles. The number of aliphatic hydroxyl groups is 1. The monoisotopic (exact) mass is 440 g/mol. The Morgan fingerprint density at radius 2 is 2.16 bits per heavy atom. The van der Waals surface area contributed by atoms with Gasteiger partial charge in [-0.3, -0.25) is 4.79 Å². The molecule has 2 bridgehead atoms.